The first-order chi connectivity index (χ1) is 28.3. The fourth-order valence-corrected chi connectivity index (χ4v) is 8.42. The number of fused-ring (bicyclic) bond motifs is 7. The van der Waals surface area contributed by atoms with Crippen LogP contribution in [0.2, 0.25) is 0 Å². The van der Waals surface area contributed by atoms with E-state index in [-0.39, 0.29) is 11.8 Å². The molecular formula is C48H33F6N3O2. The molecule has 0 saturated carbocycles. The zero-order chi connectivity index (χ0) is 41.1. The van der Waals surface area contributed by atoms with Crippen molar-refractivity contribution >= 4 is 38.6 Å². The highest BCUT2D eigenvalue weighted by molar-refractivity contribution is 6.08. The summed E-state index contributed by atoms with van der Waals surface area (Å²) < 4.78 is 82.8. The Hall–Kier alpha value is -6.72. The largest absolute Gasteiger partial charge is 0.416 e. The van der Waals surface area contributed by atoms with Crippen molar-refractivity contribution in [2.45, 2.75) is 37.5 Å². The summed E-state index contributed by atoms with van der Waals surface area (Å²) in [5.74, 6) is 0. The lowest BCUT2D eigenvalue weighted by Gasteiger charge is -2.39. The third kappa shape index (κ3) is 7.01. The predicted molar refractivity (Wildman–Crippen MR) is 219 cm³/mol. The summed E-state index contributed by atoms with van der Waals surface area (Å²) in [7, 11) is 0. The molecule has 1 aliphatic heterocycles. The van der Waals surface area contributed by atoms with Crippen molar-refractivity contribution in [3.05, 3.63) is 205 Å². The predicted octanol–water partition coefficient (Wildman–Crippen LogP) is 11.9. The lowest BCUT2D eigenvalue weighted by atomic mass is 9.88. The van der Waals surface area contributed by atoms with Crippen LogP contribution >= 0.6 is 0 Å². The van der Waals surface area contributed by atoms with Crippen LogP contribution in [0.25, 0.3) is 32.7 Å². The molecule has 8 aromatic rings. The van der Waals surface area contributed by atoms with Crippen LogP contribution in [0.15, 0.2) is 161 Å². The van der Waals surface area contributed by atoms with E-state index in [0.717, 1.165) is 54.9 Å². The third-order valence-electron chi connectivity index (χ3n) is 11.1. The summed E-state index contributed by atoms with van der Waals surface area (Å²) in [4.78, 5) is 28.9. The van der Waals surface area contributed by atoms with Gasteiger partial charge in [-0.2, -0.15) is 26.3 Å². The molecule has 11 heteroatoms. The van der Waals surface area contributed by atoms with Gasteiger partial charge in [0, 0.05) is 18.8 Å². The maximum absolute atomic E-state index is 13.8. The van der Waals surface area contributed by atoms with E-state index in [1.807, 2.05) is 84.9 Å². The number of hydrogen-bond acceptors (Lipinski definition) is 5. The Bertz CT molecular complexity index is 2820. The van der Waals surface area contributed by atoms with Gasteiger partial charge in [0.2, 0.25) is 0 Å². The molecule has 59 heavy (non-hydrogen) atoms. The first kappa shape index (κ1) is 37.8. The molecule has 0 saturated heterocycles. The molecule has 0 spiro atoms. The van der Waals surface area contributed by atoms with Crippen LogP contribution in [0.5, 0.6) is 0 Å². The summed E-state index contributed by atoms with van der Waals surface area (Å²) in [6.07, 6.45) is -10.2. The van der Waals surface area contributed by atoms with Gasteiger partial charge in [-0.05, 0) is 73.1 Å². The smallest absolute Gasteiger partial charge is 0.371 e. The standard InChI is InChI=1S/C48H33F6N3O2/c49-47(50,51)34-23-35(48(52,53)54)25-36(24-34)55-42-43(46(59)45(42)58)56-41(30-13-3-1-4-14-30)44(31-15-5-2-6-16-31)57-26-32-21-19-28-11-7-9-17-37(28)39(32)40-33(27-57)22-20-29-12-8-10-18-38(29)40/h1-25,41,44,55-56H,26-27H2/t41-,44-/m1/s1. The van der Waals surface area contributed by atoms with Gasteiger partial charge >= 0.3 is 12.4 Å². The monoisotopic (exact) mass is 797 g/mol. The van der Waals surface area contributed by atoms with Crippen molar-refractivity contribution in [3.8, 4) is 11.1 Å². The highest BCUT2D eigenvalue weighted by Gasteiger charge is 2.39. The fraction of sp³-hybridized carbons (Fsp3) is 0.125. The minimum atomic E-state index is -5.11. The quantitative estimate of drug-likeness (QED) is 0.118. The van der Waals surface area contributed by atoms with Gasteiger partial charge in [-0.1, -0.05) is 133 Å². The van der Waals surface area contributed by atoms with Gasteiger partial charge in [0.15, 0.2) is 0 Å². The SMILES string of the molecule is O=c1c(Nc2cc(C(F)(F)F)cc(C(F)(F)F)c2)c(N[C@H](c2ccccc2)[C@@H](c2ccccc2)N2Cc3ccc4ccccc4c3-c3c(ccc4ccccc34)C2)c1=O. The molecule has 1 aliphatic rings. The van der Waals surface area contributed by atoms with E-state index in [2.05, 4.69) is 64.1 Å². The van der Waals surface area contributed by atoms with Crippen LogP contribution in [0.3, 0.4) is 0 Å². The van der Waals surface area contributed by atoms with E-state index in [1.165, 1.54) is 0 Å². The van der Waals surface area contributed by atoms with Crippen molar-refractivity contribution in [3.63, 3.8) is 0 Å². The first-order valence-corrected chi connectivity index (χ1v) is 18.9. The van der Waals surface area contributed by atoms with Crippen molar-refractivity contribution in [1.82, 2.24) is 4.90 Å². The molecular weight excluding hydrogens is 765 g/mol. The van der Waals surface area contributed by atoms with Gasteiger partial charge < -0.3 is 10.6 Å². The van der Waals surface area contributed by atoms with E-state index in [0.29, 0.717) is 25.2 Å². The number of alkyl halides is 6. The van der Waals surface area contributed by atoms with E-state index in [9.17, 15) is 35.9 Å². The lowest BCUT2D eigenvalue weighted by molar-refractivity contribution is -0.143. The summed E-state index contributed by atoms with van der Waals surface area (Å²) >= 11 is 0. The van der Waals surface area contributed by atoms with Crippen molar-refractivity contribution in [2.75, 3.05) is 10.6 Å². The number of nitrogens with one attached hydrogen (secondary N) is 2. The Labute approximate surface area is 333 Å². The van der Waals surface area contributed by atoms with E-state index < -0.39 is 57.8 Å². The van der Waals surface area contributed by atoms with Crippen LogP contribution in [0.1, 0.15) is 45.5 Å². The minimum Gasteiger partial charge on any atom is -0.371 e. The Morgan fingerprint density at radius 2 is 0.966 bits per heavy atom. The number of halogens is 6. The molecule has 0 aliphatic carbocycles. The average molecular weight is 798 g/mol. The van der Waals surface area contributed by atoms with Gasteiger partial charge in [0.05, 0.1) is 23.2 Å². The fourth-order valence-electron chi connectivity index (χ4n) is 8.42. The number of hydrogen-bond donors (Lipinski definition) is 2. The van der Waals surface area contributed by atoms with Gasteiger partial charge in [0.25, 0.3) is 10.9 Å². The van der Waals surface area contributed by atoms with Crippen LogP contribution < -0.4 is 21.5 Å². The topological polar surface area (TPSA) is 61.4 Å². The molecule has 2 atom stereocenters. The number of anilines is 3. The maximum atomic E-state index is 13.8. The molecule has 0 aromatic heterocycles. The van der Waals surface area contributed by atoms with Crippen LogP contribution in [-0.4, -0.2) is 4.90 Å². The molecule has 9 rings (SSSR count). The van der Waals surface area contributed by atoms with Crippen molar-refractivity contribution < 1.29 is 26.3 Å². The average Bonchev–Trinajstić information content (AvgIpc) is 3.41. The van der Waals surface area contributed by atoms with E-state index >= 15 is 0 Å². The van der Waals surface area contributed by atoms with Crippen molar-refractivity contribution in [1.29, 1.82) is 0 Å². The van der Waals surface area contributed by atoms with Crippen LogP contribution in [0, 0.1) is 0 Å². The second-order valence-corrected chi connectivity index (χ2v) is 14.8. The molecule has 8 aromatic carbocycles. The highest BCUT2D eigenvalue weighted by Crippen LogP contribution is 2.47. The summed E-state index contributed by atoms with van der Waals surface area (Å²) in [6, 6.07) is 43.5. The summed E-state index contributed by atoms with van der Waals surface area (Å²) in [6.45, 7) is 0.907. The summed E-state index contributed by atoms with van der Waals surface area (Å²) in [5, 5.41) is 10.1. The highest BCUT2D eigenvalue weighted by atomic mass is 19.4. The molecule has 0 bridgehead atoms. The molecule has 0 unspecified atom stereocenters. The Morgan fingerprint density at radius 1 is 0.508 bits per heavy atom. The Morgan fingerprint density at radius 3 is 1.47 bits per heavy atom. The van der Waals surface area contributed by atoms with Gasteiger partial charge in [0.1, 0.15) is 11.4 Å². The molecule has 0 radical (unpaired) electrons. The third-order valence-corrected chi connectivity index (χ3v) is 11.1. The van der Waals surface area contributed by atoms with Crippen LogP contribution in [-0.2, 0) is 25.4 Å². The van der Waals surface area contributed by atoms with Gasteiger partial charge in [-0.3, -0.25) is 14.5 Å². The number of rotatable bonds is 8. The van der Waals surface area contributed by atoms with Crippen molar-refractivity contribution in [2.24, 2.45) is 0 Å². The zero-order valence-electron chi connectivity index (χ0n) is 31.0. The molecule has 294 valence electrons. The maximum Gasteiger partial charge on any atom is 0.416 e. The zero-order valence-corrected chi connectivity index (χ0v) is 31.0. The number of benzene rings is 7. The van der Waals surface area contributed by atoms with Gasteiger partial charge in [-0.25, -0.2) is 0 Å². The van der Waals surface area contributed by atoms with Crippen LogP contribution in [0.4, 0.5) is 43.4 Å². The molecule has 5 nitrogen and oxygen atoms in total. The first-order valence-electron chi connectivity index (χ1n) is 18.9. The second kappa shape index (κ2) is 14.6. The second-order valence-electron chi connectivity index (χ2n) is 14.8. The molecule has 0 amide bonds. The lowest BCUT2D eigenvalue weighted by Crippen LogP contribution is -2.41. The van der Waals surface area contributed by atoms with Gasteiger partial charge in [-0.15, -0.1) is 0 Å². The summed E-state index contributed by atoms with van der Waals surface area (Å²) in [5.41, 5.74) is -0.522. The number of nitrogens with zero attached hydrogens (tertiary/aromatic N) is 1. The Kier molecular flexibility index (Phi) is 9.35. The molecule has 1 heterocycles. The minimum absolute atomic E-state index is 0.00542. The normalized spacial score (nSPS) is 14.4. The molecule has 2 N–H and O–H groups in total. The van der Waals surface area contributed by atoms with E-state index in [4.69, 9.17) is 0 Å². The molecule has 0 fully saturated rings. The van der Waals surface area contributed by atoms with E-state index in [1.54, 1.807) is 0 Å². The Balaban J connectivity index is 1.20.